The summed E-state index contributed by atoms with van der Waals surface area (Å²) in [5.74, 6) is -0.252. The molecule has 0 spiro atoms. The third kappa shape index (κ3) is 3.43. The van der Waals surface area contributed by atoms with Crippen LogP contribution >= 0.6 is 0 Å². The Morgan fingerprint density at radius 2 is 1.85 bits per heavy atom. The number of benzene rings is 2. The zero-order valence-electron chi connectivity index (χ0n) is 11.4. The number of nitrogens with zero attached hydrogens (tertiary/aromatic N) is 1. The molecule has 3 heteroatoms. The molecule has 102 valence electrons. The van der Waals surface area contributed by atoms with E-state index in [1.165, 1.54) is 11.6 Å². The van der Waals surface area contributed by atoms with Crippen molar-refractivity contribution in [1.82, 2.24) is 5.32 Å². The minimum atomic E-state index is -0.430. The van der Waals surface area contributed by atoms with E-state index in [9.17, 15) is 9.65 Å². The van der Waals surface area contributed by atoms with Crippen LogP contribution in [-0.2, 0) is 13.0 Å². The van der Waals surface area contributed by atoms with Crippen molar-refractivity contribution < 1.29 is 4.39 Å². The molecular weight excluding hydrogens is 251 g/mol. The Balaban J connectivity index is 2.06. The van der Waals surface area contributed by atoms with Gasteiger partial charge in [0.15, 0.2) is 0 Å². The molecule has 2 aromatic rings. The van der Waals surface area contributed by atoms with Crippen LogP contribution in [0.25, 0.3) is 0 Å². The lowest BCUT2D eigenvalue weighted by Crippen LogP contribution is -2.20. The van der Waals surface area contributed by atoms with E-state index >= 15 is 0 Å². The number of hydrogen-bond acceptors (Lipinski definition) is 2. The summed E-state index contributed by atoms with van der Waals surface area (Å²) in [6.45, 7) is 2.42. The van der Waals surface area contributed by atoms with Crippen LogP contribution in [0.4, 0.5) is 4.39 Å². The standard InChI is InChI=1S/C17H17FN2/c1-2-13-7-9-14(10-8-13)17(11-19)20-12-15-5-3-4-6-16(15)18/h3-10,17,20H,2,12H2,1H3. The molecule has 0 saturated carbocycles. The fourth-order valence-corrected chi connectivity index (χ4v) is 2.04. The van der Waals surface area contributed by atoms with Gasteiger partial charge in [0, 0.05) is 12.1 Å². The highest BCUT2D eigenvalue weighted by Gasteiger charge is 2.10. The van der Waals surface area contributed by atoms with Gasteiger partial charge in [-0.15, -0.1) is 0 Å². The van der Waals surface area contributed by atoms with E-state index in [1.807, 2.05) is 24.3 Å². The van der Waals surface area contributed by atoms with Gasteiger partial charge in [-0.1, -0.05) is 49.4 Å². The first-order chi connectivity index (χ1) is 9.74. The van der Waals surface area contributed by atoms with E-state index in [1.54, 1.807) is 18.2 Å². The van der Waals surface area contributed by atoms with E-state index in [2.05, 4.69) is 18.3 Å². The number of halogens is 1. The number of nitrogens with one attached hydrogen (secondary N) is 1. The van der Waals surface area contributed by atoms with Crippen LogP contribution in [0.1, 0.15) is 29.7 Å². The minimum Gasteiger partial charge on any atom is -0.294 e. The first kappa shape index (κ1) is 14.2. The van der Waals surface area contributed by atoms with Crippen molar-refractivity contribution in [3.8, 4) is 6.07 Å². The molecule has 1 N–H and O–H groups in total. The Morgan fingerprint density at radius 3 is 2.45 bits per heavy atom. The molecule has 0 aliphatic heterocycles. The van der Waals surface area contributed by atoms with Crippen LogP contribution in [0.5, 0.6) is 0 Å². The van der Waals surface area contributed by atoms with Crippen LogP contribution in [-0.4, -0.2) is 0 Å². The largest absolute Gasteiger partial charge is 0.294 e. The fraction of sp³-hybridized carbons (Fsp3) is 0.235. The maximum absolute atomic E-state index is 13.5. The molecule has 0 saturated heterocycles. The molecule has 20 heavy (non-hydrogen) atoms. The van der Waals surface area contributed by atoms with Crippen LogP contribution in [0.15, 0.2) is 48.5 Å². The Hall–Kier alpha value is -2.18. The highest BCUT2D eigenvalue weighted by molar-refractivity contribution is 5.28. The summed E-state index contributed by atoms with van der Waals surface area (Å²) < 4.78 is 13.5. The lowest BCUT2D eigenvalue weighted by atomic mass is 10.0. The summed E-state index contributed by atoms with van der Waals surface area (Å²) in [5.41, 5.74) is 2.71. The van der Waals surface area contributed by atoms with E-state index in [4.69, 9.17) is 0 Å². The third-order valence-electron chi connectivity index (χ3n) is 3.30. The molecule has 2 nitrogen and oxygen atoms in total. The topological polar surface area (TPSA) is 35.8 Å². The molecule has 2 rings (SSSR count). The molecule has 1 atom stereocenters. The van der Waals surface area contributed by atoms with E-state index in [-0.39, 0.29) is 5.82 Å². The maximum atomic E-state index is 13.5. The van der Waals surface area contributed by atoms with Gasteiger partial charge in [-0.25, -0.2) is 4.39 Å². The van der Waals surface area contributed by atoms with Crippen molar-refractivity contribution in [1.29, 1.82) is 5.26 Å². The van der Waals surface area contributed by atoms with Gasteiger partial charge in [-0.2, -0.15) is 5.26 Å². The molecule has 0 bridgehead atoms. The Labute approximate surface area is 118 Å². The lowest BCUT2D eigenvalue weighted by Gasteiger charge is -2.13. The minimum absolute atomic E-state index is 0.252. The van der Waals surface area contributed by atoms with Gasteiger partial charge in [0.2, 0.25) is 0 Å². The van der Waals surface area contributed by atoms with Crippen molar-refractivity contribution in [2.45, 2.75) is 25.9 Å². The van der Waals surface area contributed by atoms with Gasteiger partial charge in [0.25, 0.3) is 0 Å². The second-order valence-electron chi connectivity index (χ2n) is 4.63. The van der Waals surface area contributed by atoms with E-state index in [0.29, 0.717) is 12.1 Å². The number of aryl methyl sites for hydroxylation is 1. The first-order valence-electron chi connectivity index (χ1n) is 6.70. The molecule has 0 aliphatic carbocycles. The predicted molar refractivity (Wildman–Crippen MR) is 77.4 cm³/mol. The SMILES string of the molecule is CCc1ccc(C(C#N)NCc2ccccc2F)cc1. The van der Waals surface area contributed by atoms with Crippen molar-refractivity contribution in [2.24, 2.45) is 0 Å². The molecule has 2 aromatic carbocycles. The Kier molecular flexibility index (Phi) is 4.86. The average Bonchev–Trinajstić information content (AvgIpc) is 2.50. The summed E-state index contributed by atoms with van der Waals surface area (Å²) in [6, 6.07) is 16.3. The van der Waals surface area contributed by atoms with Gasteiger partial charge in [0.1, 0.15) is 11.9 Å². The first-order valence-corrected chi connectivity index (χ1v) is 6.70. The summed E-state index contributed by atoms with van der Waals surface area (Å²) in [6.07, 6.45) is 0.972. The monoisotopic (exact) mass is 268 g/mol. The summed E-state index contributed by atoms with van der Waals surface area (Å²) in [7, 11) is 0. The molecule has 0 amide bonds. The molecule has 0 radical (unpaired) electrons. The summed E-state index contributed by atoms with van der Waals surface area (Å²) >= 11 is 0. The molecule has 0 aliphatic rings. The van der Waals surface area contributed by atoms with Crippen LogP contribution in [0, 0.1) is 17.1 Å². The quantitative estimate of drug-likeness (QED) is 0.896. The van der Waals surface area contributed by atoms with Gasteiger partial charge in [-0.3, -0.25) is 5.32 Å². The lowest BCUT2D eigenvalue weighted by molar-refractivity contribution is 0.571. The van der Waals surface area contributed by atoms with Crippen molar-refractivity contribution >= 4 is 0 Å². The van der Waals surface area contributed by atoms with E-state index < -0.39 is 6.04 Å². The van der Waals surface area contributed by atoms with Crippen LogP contribution in [0.2, 0.25) is 0 Å². The zero-order chi connectivity index (χ0) is 14.4. The van der Waals surface area contributed by atoms with E-state index in [0.717, 1.165) is 12.0 Å². The van der Waals surface area contributed by atoms with Crippen molar-refractivity contribution in [3.05, 3.63) is 71.0 Å². The molecule has 1 unspecified atom stereocenters. The third-order valence-corrected chi connectivity index (χ3v) is 3.30. The number of rotatable bonds is 5. The maximum Gasteiger partial charge on any atom is 0.127 e. The normalized spacial score (nSPS) is 11.8. The van der Waals surface area contributed by atoms with Crippen molar-refractivity contribution in [3.63, 3.8) is 0 Å². The van der Waals surface area contributed by atoms with Gasteiger partial charge >= 0.3 is 0 Å². The highest BCUT2D eigenvalue weighted by Crippen LogP contribution is 2.15. The molecule has 0 fully saturated rings. The van der Waals surface area contributed by atoms with Gasteiger partial charge in [-0.05, 0) is 23.6 Å². The highest BCUT2D eigenvalue weighted by atomic mass is 19.1. The zero-order valence-corrected chi connectivity index (χ0v) is 11.4. The molecule has 0 aromatic heterocycles. The molecule has 0 heterocycles. The van der Waals surface area contributed by atoms with Crippen LogP contribution in [0.3, 0.4) is 0 Å². The Bertz CT molecular complexity index is 599. The number of nitriles is 1. The van der Waals surface area contributed by atoms with Crippen molar-refractivity contribution in [2.75, 3.05) is 0 Å². The van der Waals surface area contributed by atoms with Gasteiger partial charge < -0.3 is 0 Å². The summed E-state index contributed by atoms with van der Waals surface area (Å²) in [5, 5.41) is 12.3. The number of hydrogen-bond donors (Lipinski definition) is 1. The Morgan fingerprint density at radius 1 is 1.15 bits per heavy atom. The van der Waals surface area contributed by atoms with Gasteiger partial charge in [0.05, 0.1) is 6.07 Å². The second-order valence-corrected chi connectivity index (χ2v) is 4.63. The fourth-order valence-electron chi connectivity index (χ4n) is 2.04. The summed E-state index contributed by atoms with van der Waals surface area (Å²) in [4.78, 5) is 0. The average molecular weight is 268 g/mol. The smallest absolute Gasteiger partial charge is 0.127 e. The molecular formula is C17H17FN2. The van der Waals surface area contributed by atoms with Crippen LogP contribution < -0.4 is 5.32 Å². The predicted octanol–water partition coefficient (Wildman–Crippen LogP) is 3.74. The second kappa shape index (κ2) is 6.83.